The minimum Gasteiger partial charge on any atom is -0.484 e. The summed E-state index contributed by atoms with van der Waals surface area (Å²) in [5.41, 5.74) is 1.18. The fraction of sp³-hybridized carbons (Fsp3) is 0.375. The second kappa shape index (κ2) is 7.71. The van der Waals surface area contributed by atoms with Gasteiger partial charge in [0.05, 0.1) is 6.54 Å². The summed E-state index contributed by atoms with van der Waals surface area (Å²) in [6, 6.07) is 7.47. The van der Waals surface area contributed by atoms with Crippen LogP contribution >= 0.6 is 0 Å². The first kappa shape index (κ1) is 16.9. The number of halogens is 2. The van der Waals surface area contributed by atoms with E-state index in [0.29, 0.717) is 5.75 Å². The van der Waals surface area contributed by atoms with Crippen molar-refractivity contribution in [2.24, 2.45) is 0 Å². The van der Waals surface area contributed by atoms with Gasteiger partial charge in [-0.15, -0.1) is 0 Å². The van der Waals surface area contributed by atoms with Crippen LogP contribution in [0.3, 0.4) is 0 Å². The van der Waals surface area contributed by atoms with E-state index in [2.05, 4.69) is 11.9 Å². The molecule has 0 saturated heterocycles. The Morgan fingerprint density at radius 2 is 2.04 bits per heavy atom. The number of hydrogen-bond donors (Lipinski definition) is 0. The number of aromatic nitrogens is 2. The molecule has 1 aromatic heterocycles. The molecule has 0 aliphatic carbocycles. The van der Waals surface area contributed by atoms with E-state index in [1.54, 1.807) is 12.1 Å². The Bertz CT molecular complexity index is 641. The van der Waals surface area contributed by atoms with Gasteiger partial charge < -0.3 is 9.64 Å². The molecule has 0 bridgehead atoms. The van der Waals surface area contributed by atoms with Gasteiger partial charge in [0.2, 0.25) is 0 Å². The number of ether oxygens (including phenoxy) is 1. The zero-order chi connectivity index (χ0) is 16.8. The molecule has 1 aromatic carbocycles. The number of aryl methyl sites for hydroxylation is 1. The average Bonchev–Trinajstić information content (AvgIpc) is 3.01. The predicted molar refractivity (Wildman–Crippen MR) is 81.3 cm³/mol. The maximum Gasteiger partial charge on any atom is 0.319 e. The smallest absolute Gasteiger partial charge is 0.319 e. The number of carbonyl (C=O) groups is 1. The highest BCUT2D eigenvalue weighted by Gasteiger charge is 2.16. The lowest BCUT2D eigenvalue weighted by Gasteiger charge is -2.18. The van der Waals surface area contributed by atoms with E-state index in [1.807, 2.05) is 12.1 Å². The van der Waals surface area contributed by atoms with Gasteiger partial charge in [-0.3, -0.25) is 9.36 Å². The lowest BCUT2D eigenvalue weighted by molar-refractivity contribution is -0.132. The fourth-order valence-electron chi connectivity index (χ4n) is 2.02. The Morgan fingerprint density at radius 3 is 2.65 bits per heavy atom. The van der Waals surface area contributed by atoms with E-state index >= 15 is 0 Å². The second-order valence-electron chi connectivity index (χ2n) is 5.06. The van der Waals surface area contributed by atoms with Crippen molar-refractivity contribution in [2.75, 3.05) is 13.7 Å². The van der Waals surface area contributed by atoms with Gasteiger partial charge in [-0.2, -0.15) is 8.78 Å². The maximum atomic E-state index is 12.7. The largest absolute Gasteiger partial charge is 0.484 e. The number of carbonyl (C=O) groups excluding carboxylic acids is 1. The van der Waals surface area contributed by atoms with Crippen LogP contribution in [0.4, 0.5) is 8.78 Å². The molecule has 0 atom stereocenters. The molecule has 7 heteroatoms. The van der Waals surface area contributed by atoms with Crippen molar-refractivity contribution >= 4 is 5.91 Å². The molecule has 0 N–H and O–H groups in total. The maximum absolute atomic E-state index is 12.7. The molecule has 0 fully saturated rings. The van der Waals surface area contributed by atoms with Crippen molar-refractivity contribution in [1.82, 2.24) is 14.5 Å². The number of benzene rings is 1. The zero-order valence-electron chi connectivity index (χ0n) is 13.1. The Morgan fingerprint density at radius 1 is 1.35 bits per heavy atom. The van der Waals surface area contributed by atoms with Crippen LogP contribution in [-0.4, -0.2) is 34.0 Å². The molecule has 23 heavy (non-hydrogen) atoms. The van der Waals surface area contributed by atoms with Gasteiger partial charge in [0.25, 0.3) is 5.91 Å². The SMILES string of the molecule is CCc1ccc(OCC(=O)N(C)Cc2nccn2C(F)F)cc1. The van der Waals surface area contributed by atoms with Crippen LogP contribution < -0.4 is 4.74 Å². The Hall–Kier alpha value is -2.44. The number of alkyl halides is 2. The van der Waals surface area contributed by atoms with Crippen LogP contribution in [0.25, 0.3) is 0 Å². The number of likely N-dealkylation sites (N-methyl/N-ethyl adjacent to an activating group) is 1. The standard InChI is InChI=1S/C16H19F2N3O2/c1-3-12-4-6-13(7-5-12)23-11-15(22)20(2)10-14-19-8-9-21(14)16(17)18/h4-9,16H,3,10-11H2,1-2H3. The number of imidazole rings is 1. The minimum atomic E-state index is -2.68. The molecule has 2 rings (SSSR count). The van der Waals surface area contributed by atoms with Gasteiger partial charge in [-0.05, 0) is 24.1 Å². The molecular formula is C16H19F2N3O2. The summed E-state index contributed by atoms with van der Waals surface area (Å²) < 4.78 is 31.6. The van der Waals surface area contributed by atoms with Gasteiger partial charge in [0.15, 0.2) is 6.61 Å². The summed E-state index contributed by atoms with van der Waals surface area (Å²) >= 11 is 0. The molecule has 0 aliphatic rings. The summed E-state index contributed by atoms with van der Waals surface area (Å²) in [7, 11) is 1.52. The summed E-state index contributed by atoms with van der Waals surface area (Å²) in [6.45, 7) is -0.784. The number of rotatable bonds is 7. The van der Waals surface area contributed by atoms with E-state index in [1.165, 1.54) is 29.9 Å². The number of amides is 1. The van der Waals surface area contributed by atoms with Crippen LogP contribution in [0.5, 0.6) is 5.75 Å². The third-order valence-electron chi connectivity index (χ3n) is 3.46. The lowest BCUT2D eigenvalue weighted by Crippen LogP contribution is -2.32. The first-order valence-electron chi connectivity index (χ1n) is 7.26. The molecule has 124 valence electrons. The molecule has 1 amide bonds. The minimum absolute atomic E-state index is 0.00565. The van der Waals surface area contributed by atoms with Crippen molar-refractivity contribution in [1.29, 1.82) is 0 Å². The summed E-state index contributed by atoms with van der Waals surface area (Å²) in [5, 5.41) is 0. The van der Waals surface area contributed by atoms with Crippen LogP contribution in [0.15, 0.2) is 36.7 Å². The molecule has 0 spiro atoms. The van der Waals surface area contributed by atoms with Crippen LogP contribution in [0, 0.1) is 0 Å². The quantitative estimate of drug-likeness (QED) is 0.787. The monoisotopic (exact) mass is 323 g/mol. The van der Waals surface area contributed by atoms with Crippen LogP contribution in [-0.2, 0) is 17.8 Å². The predicted octanol–water partition coefficient (Wildman–Crippen LogP) is 2.88. The Labute approximate surface area is 133 Å². The van der Waals surface area contributed by atoms with Crippen molar-refractivity contribution in [3.63, 3.8) is 0 Å². The van der Waals surface area contributed by atoms with Gasteiger partial charge in [-0.25, -0.2) is 4.98 Å². The highest BCUT2D eigenvalue weighted by atomic mass is 19.3. The first-order chi connectivity index (χ1) is 11.0. The van der Waals surface area contributed by atoms with E-state index < -0.39 is 6.55 Å². The summed E-state index contributed by atoms with van der Waals surface area (Å²) in [5.74, 6) is 0.412. The molecule has 0 aliphatic heterocycles. The number of hydrogen-bond acceptors (Lipinski definition) is 3. The van der Waals surface area contributed by atoms with Crippen LogP contribution in [0.1, 0.15) is 24.9 Å². The Balaban J connectivity index is 1.88. The van der Waals surface area contributed by atoms with E-state index in [9.17, 15) is 13.6 Å². The summed E-state index contributed by atoms with van der Waals surface area (Å²) in [6.07, 6.45) is 3.40. The third-order valence-corrected chi connectivity index (χ3v) is 3.46. The van der Waals surface area contributed by atoms with Crippen molar-refractivity contribution in [3.05, 3.63) is 48.0 Å². The topological polar surface area (TPSA) is 47.4 Å². The molecule has 0 unspecified atom stereocenters. The average molecular weight is 323 g/mol. The first-order valence-corrected chi connectivity index (χ1v) is 7.26. The Kier molecular flexibility index (Phi) is 5.67. The van der Waals surface area contributed by atoms with Gasteiger partial charge >= 0.3 is 6.55 Å². The van der Waals surface area contributed by atoms with Gasteiger partial charge in [0.1, 0.15) is 11.6 Å². The molecular weight excluding hydrogens is 304 g/mol. The van der Waals surface area contributed by atoms with Gasteiger partial charge in [0, 0.05) is 19.4 Å². The fourth-order valence-corrected chi connectivity index (χ4v) is 2.02. The number of nitrogens with zero attached hydrogens (tertiary/aromatic N) is 3. The molecule has 0 saturated carbocycles. The second-order valence-corrected chi connectivity index (χ2v) is 5.06. The highest BCUT2D eigenvalue weighted by molar-refractivity contribution is 5.77. The molecule has 2 aromatic rings. The molecule has 5 nitrogen and oxygen atoms in total. The van der Waals surface area contributed by atoms with E-state index in [-0.39, 0.29) is 24.9 Å². The normalized spacial score (nSPS) is 10.8. The van der Waals surface area contributed by atoms with Crippen molar-refractivity contribution in [2.45, 2.75) is 26.4 Å². The summed E-state index contributed by atoms with van der Waals surface area (Å²) in [4.78, 5) is 17.2. The van der Waals surface area contributed by atoms with Crippen molar-refractivity contribution < 1.29 is 18.3 Å². The highest BCUT2D eigenvalue weighted by Crippen LogP contribution is 2.14. The van der Waals surface area contributed by atoms with Crippen LogP contribution in [0.2, 0.25) is 0 Å². The van der Waals surface area contributed by atoms with E-state index in [4.69, 9.17) is 4.74 Å². The molecule has 0 radical (unpaired) electrons. The van der Waals surface area contributed by atoms with Crippen molar-refractivity contribution in [3.8, 4) is 5.75 Å². The molecule has 1 heterocycles. The van der Waals surface area contributed by atoms with E-state index in [0.717, 1.165) is 11.0 Å². The lowest BCUT2D eigenvalue weighted by atomic mass is 10.2. The van der Waals surface area contributed by atoms with Gasteiger partial charge in [-0.1, -0.05) is 19.1 Å². The zero-order valence-corrected chi connectivity index (χ0v) is 13.1. The third kappa shape index (κ3) is 4.51.